The molecule has 2 aliphatic heterocycles. The van der Waals surface area contributed by atoms with Crippen LogP contribution < -0.4 is 0 Å². The highest BCUT2D eigenvalue weighted by Gasteiger charge is 2.41. The lowest BCUT2D eigenvalue weighted by molar-refractivity contribution is 0.102. The first kappa shape index (κ1) is 20.5. The molecule has 5 rings (SSSR count). The Morgan fingerprint density at radius 3 is 2.72 bits per heavy atom. The van der Waals surface area contributed by atoms with E-state index >= 15 is 0 Å². The Morgan fingerprint density at radius 2 is 1.90 bits per heavy atom. The number of phenols is 1. The summed E-state index contributed by atoms with van der Waals surface area (Å²) < 4.78 is 7.91. The first-order valence-corrected chi connectivity index (χ1v) is 11.0. The molecule has 4 nitrogen and oxygen atoms in total. The highest BCUT2D eigenvalue weighted by atomic mass is 79.9. The van der Waals surface area contributed by atoms with Crippen LogP contribution in [0.3, 0.4) is 0 Å². The zero-order chi connectivity index (χ0) is 20.4. The molecule has 4 atom stereocenters. The molecule has 3 aliphatic rings. The van der Waals surface area contributed by atoms with Crippen molar-refractivity contribution in [3.8, 4) is 16.9 Å². The van der Waals surface area contributed by atoms with E-state index in [1.54, 1.807) is 30.6 Å². The molecule has 1 fully saturated rings. The molecule has 4 unspecified atom stereocenters. The van der Waals surface area contributed by atoms with E-state index in [1.807, 2.05) is 18.5 Å². The average molecular weight is 537 g/mol. The van der Waals surface area contributed by atoms with Gasteiger partial charge < -0.3 is 9.84 Å². The first-order chi connectivity index (χ1) is 14.0. The molecule has 1 aromatic heterocycles. The third-order valence-electron chi connectivity index (χ3n) is 4.96. The van der Waals surface area contributed by atoms with Gasteiger partial charge in [0.1, 0.15) is 11.9 Å². The molecule has 1 aromatic carbocycles. The summed E-state index contributed by atoms with van der Waals surface area (Å²) in [6.07, 6.45) is 15.9. The molecule has 29 heavy (non-hydrogen) atoms. The SMILES string of the molecule is BrC1=CC2C(C=C1)OC1C=NC=CC12.Oc1ccc(Br)cc1-c1ccncc1Cl. The van der Waals surface area contributed by atoms with Crippen molar-refractivity contribution in [2.45, 2.75) is 12.2 Å². The van der Waals surface area contributed by atoms with Gasteiger partial charge in [0.2, 0.25) is 0 Å². The van der Waals surface area contributed by atoms with Crippen molar-refractivity contribution in [3.05, 3.63) is 81.1 Å². The van der Waals surface area contributed by atoms with Gasteiger partial charge in [-0.3, -0.25) is 9.98 Å². The predicted octanol–water partition coefficient (Wildman–Crippen LogP) is 6.30. The predicted molar refractivity (Wildman–Crippen MR) is 123 cm³/mol. The van der Waals surface area contributed by atoms with Crippen LogP contribution in [-0.4, -0.2) is 28.5 Å². The van der Waals surface area contributed by atoms with Crippen LogP contribution in [0, 0.1) is 11.8 Å². The number of hydrogen-bond acceptors (Lipinski definition) is 4. The third kappa shape index (κ3) is 4.56. The fourth-order valence-electron chi connectivity index (χ4n) is 3.58. The maximum atomic E-state index is 9.71. The highest BCUT2D eigenvalue weighted by Crippen LogP contribution is 2.40. The lowest BCUT2D eigenvalue weighted by Crippen LogP contribution is -2.21. The maximum absolute atomic E-state index is 9.71. The van der Waals surface area contributed by atoms with Crippen LogP contribution in [0.2, 0.25) is 5.02 Å². The number of pyridine rings is 1. The van der Waals surface area contributed by atoms with E-state index in [0.29, 0.717) is 22.4 Å². The van der Waals surface area contributed by atoms with Crippen LogP contribution in [0.4, 0.5) is 0 Å². The van der Waals surface area contributed by atoms with Gasteiger partial charge in [-0.2, -0.15) is 0 Å². The maximum Gasteiger partial charge on any atom is 0.123 e. The van der Waals surface area contributed by atoms with E-state index in [9.17, 15) is 5.11 Å². The Hall–Kier alpha value is -1.73. The number of hydrogen-bond donors (Lipinski definition) is 1. The van der Waals surface area contributed by atoms with E-state index < -0.39 is 0 Å². The zero-order valence-electron chi connectivity index (χ0n) is 15.1. The Morgan fingerprint density at radius 1 is 1.03 bits per heavy atom. The number of rotatable bonds is 1. The van der Waals surface area contributed by atoms with Crippen LogP contribution in [0.5, 0.6) is 5.75 Å². The smallest absolute Gasteiger partial charge is 0.123 e. The Bertz CT molecular complexity index is 1040. The summed E-state index contributed by atoms with van der Waals surface area (Å²) in [4.78, 5) is 8.01. The summed E-state index contributed by atoms with van der Waals surface area (Å²) in [5, 5.41) is 10.2. The van der Waals surface area contributed by atoms with Crippen molar-refractivity contribution >= 4 is 49.7 Å². The number of fused-ring (bicyclic) bond motifs is 3. The van der Waals surface area contributed by atoms with Gasteiger partial charge in [-0.15, -0.1) is 0 Å². The molecule has 7 heteroatoms. The second-order valence-corrected chi connectivity index (χ2v) is 9.03. The second kappa shape index (κ2) is 8.96. The van der Waals surface area contributed by atoms with Crippen molar-refractivity contribution < 1.29 is 9.84 Å². The minimum absolute atomic E-state index is 0.161. The lowest BCUT2D eigenvalue weighted by atomic mass is 9.84. The standard InChI is InChI=1S/C11H7BrClNO.C11H10BrNO/c12-7-1-2-11(15)9(5-7)8-3-4-14-6-10(8)13;12-7-1-2-10-9(5-7)8-3-4-13-6-11(8)14-10/h1-6,15H;1-6,8-11H. The molecule has 1 saturated heterocycles. The van der Waals surface area contributed by atoms with Crippen LogP contribution in [0.25, 0.3) is 11.1 Å². The largest absolute Gasteiger partial charge is 0.507 e. The third-order valence-corrected chi connectivity index (χ3v) is 6.29. The average Bonchev–Trinajstić information content (AvgIpc) is 3.09. The van der Waals surface area contributed by atoms with Crippen molar-refractivity contribution in [1.29, 1.82) is 0 Å². The summed E-state index contributed by atoms with van der Waals surface area (Å²) in [6.45, 7) is 0. The number of benzene rings is 1. The van der Waals surface area contributed by atoms with Crippen molar-refractivity contribution in [1.82, 2.24) is 4.98 Å². The number of aliphatic imine (C=N–C) groups is 1. The quantitative estimate of drug-likeness (QED) is 0.465. The Labute approximate surface area is 190 Å². The lowest BCUT2D eigenvalue weighted by Gasteiger charge is -2.19. The van der Waals surface area contributed by atoms with Gasteiger partial charge in [0.05, 0.1) is 11.1 Å². The molecular weight excluding hydrogens is 520 g/mol. The molecular formula is C22H17Br2ClN2O2. The van der Waals surface area contributed by atoms with Crippen LogP contribution >= 0.6 is 43.5 Å². The van der Waals surface area contributed by atoms with Gasteiger partial charge in [-0.1, -0.05) is 61.7 Å². The van der Waals surface area contributed by atoms with Crippen LogP contribution in [0.1, 0.15) is 0 Å². The van der Waals surface area contributed by atoms with E-state index in [2.05, 4.69) is 66.1 Å². The highest BCUT2D eigenvalue weighted by molar-refractivity contribution is 9.12. The van der Waals surface area contributed by atoms with Gasteiger partial charge in [0, 0.05) is 56.7 Å². The molecule has 3 heterocycles. The zero-order valence-corrected chi connectivity index (χ0v) is 19.0. The van der Waals surface area contributed by atoms with Gasteiger partial charge in [-0.05, 0) is 30.3 Å². The van der Waals surface area contributed by atoms with Crippen LogP contribution in [-0.2, 0) is 4.74 Å². The Balaban J connectivity index is 0.000000141. The molecule has 0 amide bonds. The minimum atomic E-state index is 0.161. The van der Waals surface area contributed by atoms with Crippen molar-refractivity contribution in [3.63, 3.8) is 0 Å². The minimum Gasteiger partial charge on any atom is -0.507 e. The molecule has 0 saturated carbocycles. The fraction of sp³-hybridized carbons (Fsp3) is 0.182. The molecule has 2 aromatic rings. The molecule has 148 valence electrons. The van der Waals surface area contributed by atoms with Crippen LogP contribution in [0.15, 0.2) is 81.1 Å². The molecule has 0 bridgehead atoms. The number of aromatic hydroxyl groups is 1. The first-order valence-electron chi connectivity index (χ1n) is 9.02. The van der Waals surface area contributed by atoms with Gasteiger partial charge in [-0.25, -0.2) is 0 Å². The summed E-state index contributed by atoms with van der Waals surface area (Å²) >= 11 is 12.8. The number of ether oxygens (including phenoxy) is 1. The normalized spacial score (nSPS) is 26.2. The van der Waals surface area contributed by atoms with Gasteiger partial charge in [0.15, 0.2) is 0 Å². The number of halogens is 3. The number of nitrogens with zero attached hydrogens (tertiary/aromatic N) is 2. The summed E-state index contributed by atoms with van der Waals surface area (Å²) in [6, 6.07) is 6.98. The summed E-state index contributed by atoms with van der Waals surface area (Å²) in [5.74, 6) is 1.11. The van der Waals surface area contributed by atoms with E-state index in [4.69, 9.17) is 16.3 Å². The Kier molecular flexibility index (Phi) is 6.35. The molecule has 0 radical (unpaired) electrons. The number of aromatic nitrogens is 1. The fourth-order valence-corrected chi connectivity index (χ4v) is 4.62. The van der Waals surface area contributed by atoms with Crippen molar-refractivity contribution in [2.24, 2.45) is 16.8 Å². The van der Waals surface area contributed by atoms with E-state index in [1.165, 1.54) is 0 Å². The van der Waals surface area contributed by atoms with Gasteiger partial charge in [0.25, 0.3) is 0 Å². The number of phenolic OH excluding ortho intramolecular Hbond substituents is 1. The molecule has 0 spiro atoms. The number of allylic oxidation sites excluding steroid dienone is 2. The van der Waals surface area contributed by atoms with E-state index in [-0.39, 0.29) is 18.0 Å². The monoisotopic (exact) mass is 534 g/mol. The van der Waals surface area contributed by atoms with Crippen molar-refractivity contribution in [2.75, 3.05) is 0 Å². The molecule has 1 N–H and O–H groups in total. The van der Waals surface area contributed by atoms with E-state index in [0.717, 1.165) is 14.5 Å². The topological polar surface area (TPSA) is 54.7 Å². The molecule has 1 aliphatic carbocycles. The van der Waals surface area contributed by atoms with Gasteiger partial charge >= 0.3 is 0 Å². The second-order valence-electron chi connectivity index (χ2n) is 6.79. The summed E-state index contributed by atoms with van der Waals surface area (Å²) in [7, 11) is 0. The summed E-state index contributed by atoms with van der Waals surface area (Å²) in [5.41, 5.74) is 1.46.